The zero-order chi connectivity index (χ0) is 26.9. The summed E-state index contributed by atoms with van der Waals surface area (Å²) in [5.41, 5.74) is 6.89. The minimum atomic E-state index is -0.0629. The first kappa shape index (κ1) is 22.8. The SMILES string of the molecule is C1=CC2=NC(c3ccccc3)N(c3ccc(-n4c5ccccc5c5c6c(ncc54)sc4ccccc46)cc3)C2C=C1. The fraction of sp³-hybridized carbons (Fsp3) is 0.0556. The molecule has 9 rings (SSSR count). The summed E-state index contributed by atoms with van der Waals surface area (Å²) < 4.78 is 3.63. The largest absolute Gasteiger partial charge is 0.334 e. The zero-order valence-corrected chi connectivity index (χ0v) is 22.9. The molecule has 0 N–H and O–H groups in total. The third kappa shape index (κ3) is 3.33. The quantitative estimate of drug-likeness (QED) is 0.222. The fourth-order valence-corrected chi connectivity index (χ4v) is 7.63. The number of allylic oxidation sites excluding steroid dienone is 2. The molecule has 0 spiro atoms. The summed E-state index contributed by atoms with van der Waals surface area (Å²) in [6.45, 7) is 0. The predicted octanol–water partition coefficient (Wildman–Crippen LogP) is 9.00. The molecule has 0 bridgehead atoms. The number of rotatable bonds is 3. The van der Waals surface area contributed by atoms with Crippen LogP contribution in [0.4, 0.5) is 5.69 Å². The average molecular weight is 545 g/mol. The number of fused-ring (bicyclic) bond motifs is 8. The third-order valence-corrected chi connectivity index (χ3v) is 9.43. The summed E-state index contributed by atoms with van der Waals surface area (Å²) in [6.07, 6.45) is 10.6. The van der Waals surface area contributed by atoms with Crippen molar-refractivity contribution in [1.82, 2.24) is 9.55 Å². The van der Waals surface area contributed by atoms with Gasteiger partial charge >= 0.3 is 0 Å². The van der Waals surface area contributed by atoms with Crippen molar-refractivity contribution in [2.45, 2.75) is 12.2 Å². The highest BCUT2D eigenvalue weighted by Gasteiger charge is 2.35. The van der Waals surface area contributed by atoms with Gasteiger partial charge in [0.05, 0.1) is 29.0 Å². The number of anilines is 1. The first-order valence-corrected chi connectivity index (χ1v) is 14.7. The van der Waals surface area contributed by atoms with Crippen LogP contribution in [0, 0.1) is 0 Å². The number of benzene rings is 4. The Morgan fingerprint density at radius 1 is 0.659 bits per heavy atom. The van der Waals surface area contributed by atoms with E-state index >= 15 is 0 Å². The topological polar surface area (TPSA) is 33.4 Å². The van der Waals surface area contributed by atoms with Gasteiger partial charge in [-0.1, -0.05) is 85.0 Å². The summed E-state index contributed by atoms with van der Waals surface area (Å²) in [4.78, 5) is 13.6. The van der Waals surface area contributed by atoms with Gasteiger partial charge in [0.25, 0.3) is 0 Å². The monoisotopic (exact) mass is 544 g/mol. The number of thiophene rings is 1. The van der Waals surface area contributed by atoms with Gasteiger partial charge in [-0.05, 0) is 48.0 Å². The molecule has 0 fully saturated rings. The number of aromatic nitrogens is 2. The molecule has 4 heterocycles. The molecule has 2 unspecified atom stereocenters. The summed E-state index contributed by atoms with van der Waals surface area (Å²) >= 11 is 1.77. The van der Waals surface area contributed by atoms with E-state index in [1.165, 1.54) is 37.3 Å². The maximum atomic E-state index is 5.13. The number of hydrogen-bond acceptors (Lipinski definition) is 4. The van der Waals surface area contributed by atoms with Gasteiger partial charge in [-0.3, -0.25) is 4.99 Å². The minimum absolute atomic E-state index is 0.0629. The number of pyridine rings is 1. The van der Waals surface area contributed by atoms with Crippen molar-refractivity contribution < 1.29 is 0 Å². The Hall–Kier alpha value is -5.00. The van der Waals surface area contributed by atoms with Crippen molar-refractivity contribution in [1.29, 1.82) is 0 Å². The fourth-order valence-electron chi connectivity index (χ4n) is 6.57. The van der Waals surface area contributed by atoms with Gasteiger partial charge in [-0.2, -0.15) is 0 Å². The Bertz CT molecular complexity index is 2220. The van der Waals surface area contributed by atoms with E-state index in [2.05, 4.69) is 137 Å². The highest BCUT2D eigenvalue weighted by molar-refractivity contribution is 7.25. The Morgan fingerprint density at radius 2 is 1.41 bits per heavy atom. The Balaban J connectivity index is 1.22. The van der Waals surface area contributed by atoms with Crippen LogP contribution in [0.25, 0.3) is 47.8 Å². The molecule has 0 amide bonds. The second-order valence-corrected chi connectivity index (χ2v) is 11.6. The molecular weight excluding hydrogens is 520 g/mol. The molecule has 0 saturated carbocycles. The second-order valence-electron chi connectivity index (χ2n) is 10.6. The van der Waals surface area contributed by atoms with Gasteiger partial charge < -0.3 is 9.47 Å². The lowest BCUT2D eigenvalue weighted by Crippen LogP contribution is -2.35. The van der Waals surface area contributed by atoms with Crippen LogP contribution < -0.4 is 4.90 Å². The lowest BCUT2D eigenvalue weighted by molar-refractivity contribution is 0.696. The molecule has 7 aromatic rings. The molecule has 4 aromatic carbocycles. The van der Waals surface area contributed by atoms with E-state index in [-0.39, 0.29) is 12.2 Å². The molecule has 0 saturated heterocycles. The molecule has 2 aliphatic rings. The van der Waals surface area contributed by atoms with Crippen LogP contribution in [0.15, 0.2) is 139 Å². The summed E-state index contributed by atoms with van der Waals surface area (Å²) in [5.74, 6) is 0. The first-order chi connectivity index (χ1) is 20.3. The lowest BCUT2D eigenvalue weighted by atomic mass is 10.0. The predicted molar refractivity (Wildman–Crippen MR) is 173 cm³/mol. The minimum Gasteiger partial charge on any atom is -0.334 e. The third-order valence-electron chi connectivity index (χ3n) is 8.36. The van der Waals surface area contributed by atoms with E-state index in [0.29, 0.717) is 0 Å². The standard InChI is InChI=1S/C36H24N4S/c1-2-10-23(11-3-1)35-38-28-14-6-8-16-30(28)40(35)25-20-18-24(19-21-25)39-29-15-7-4-12-26(29)33-31(39)22-37-36-34(33)27-13-5-9-17-32(27)41-36/h1-22,30,35H. The van der Waals surface area contributed by atoms with Crippen LogP contribution >= 0.6 is 11.3 Å². The van der Waals surface area contributed by atoms with Crippen LogP contribution in [0.2, 0.25) is 0 Å². The second kappa shape index (κ2) is 8.75. The van der Waals surface area contributed by atoms with Gasteiger partial charge in [0.1, 0.15) is 11.0 Å². The smallest absolute Gasteiger partial charge is 0.148 e. The van der Waals surface area contributed by atoms with E-state index in [0.717, 1.165) is 27.4 Å². The van der Waals surface area contributed by atoms with Crippen LogP contribution in [0.5, 0.6) is 0 Å². The van der Waals surface area contributed by atoms with Gasteiger partial charge in [0.2, 0.25) is 0 Å². The molecule has 0 radical (unpaired) electrons. The Labute approximate surface area is 240 Å². The van der Waals surface area contributed by atoms with Crippen molar-refractivity contribution in [3.05, 3.63) is 139 Å². The molecule has 1 aliphatic carbocycles. The van der Waals surface area contributed by atoms with Crippen molar-refractivity contribution in [3.63, 3.8) is 0 Å². The first-order valence-electron chi connectivity index (χ1n) is 13.9. The number of para-hydroxylation sites is 1. The van der Waals surface area contributed by atoms with Gasteiger partial charge in [0, 0.05) is 37.6 Å². The van der Waals surface area contributed by atoms with E-state index in [4.69, 9.17) is 9.98 Å². The molecular formula is C36H24N4S. The molecule has 4 nitrogen and oxygen atoms in total. The number of nitrogens with zero attached hydrogens (tertiary/aromatic N) is 4. The summed E-state index contributed by atoms with van der Waals surface area (Å²) in [5, 5.41) is 5.05. The van der Waals surface area contributed by atoms with Crippen LogP contribution in [0.3, 0.4) is 0 Å². The van der Waals surface area contributed by atoms with Gasteiger partial charge in [-0.25, -0.2) is 4.98 Å². The molecule has 2 atom stereocenters. The zero-order valence-electron chi connectivity index (χ0n) is 22.1. The van der Waals surface area contributed by atoms with Gasteiger partial charge in [-0.15, -0.1) is 11.3 Å². The van der Waals surface area contributed by atoms with Crippen LogP contribution in [-0.4, -0.2) is 21.3 Å². The van der Waals surface area contributed by atoms with E-state index in [1.54, 1.807) is 11.3 Å². The molecule has 1 aliphatic heterocycles. The van der Waals surface area contributed by atoms with Crippen molar-refractivity contribution in [2.75, 3.05) is 4.90 Å². The Morgan fingerprint density at radius 3 is 2.29 bits per heavy atom. The maximum Gasteiger partial charge on any atom is 0.148 e. The number of aliphatic imine (C=N–C) groups is 1. The van der Waals surface area contributed by atoms with E-state index < -0.39 is 0 Å². The molecule has 41 heavy (non-hydrogen) atoms. The van der Waals surface area contributed by atoms with Crippen molar-refractivity contribution >= 4 is 64.8 Å². The summed E-state index contributed by atoms with van der Waals surface area (Å²) in [6, 6.07) is 37.0. The van der Waals surface area contributed by atoms with Crippen molar-refractivity contribution in [3.8, 4) is 5.69 Å². The lowest BCUT2D eigenvalue weighted by Gasteiger charge is -2.31. The summed E-state index contributed by atoms with van der Waals surface area (Å²) in [7, 11) is 0. The Kier molecular flexibility index (Phi) is 4.86. The van der Waals surface area contributed by atoms with E-state index in [9.17, 15) is 0 Å². The molecule has 5 heteroatoms. The molecule has 3 aromatic heterocycles. The average Bonchev–Trinajstić information content (AvgIpc) is 3.71. The normalized spacial score (nSPS) is 18.1. The highest BCUT2D eigenvalue weighted by Crippen LogP contribution is 2.43. The highest BCUT2D eigenvalue weighted by atomic mass is 32.1. The van der Waals surface area contributed by atoms with Gasteiger partial charge in [0.15, 0.2) is 0 Å². The maximum absolute atomic E-state index is 5.13. The van der Waals surface area contributed by atoms with E-state index in [1.807, 2.05) is 6.20 Å². The van der Waals surface area contributed by atoms with Crippen LogP contribution in [0.1, 0.15) is 11.7 Å². The number of hydrogen-bond donors (Lipinski definition) is 0. The van der Waals surface area contributed by atoms with Crippen molar-refractivity contribution in [2.24, 2.45) is 4.99 Å². The molecule has 194 valence electrons. The van der Waals surface area contributed by atoms with Crippen LogP contribution in [-0.2, 0) is 0 Å².